The smallest absolute Gasteiger partial charge is 0.222 e. The van der Waals surface area contributed by atoms with E-state index in [0.717, 1.165) is 12.8 Å². The number of ether oxygens (including phenoxy) is 3. The Hall–Kier alpha value is -2.81. The number of anilines is 2. The molecule has 142 valence electrons. The van der Waals surface area contributed by atoms with Gasteiger partial charge in [0, 0.05) is 12.3 Å². The first kappa shape index (κ1) is 19.5. The van der Waals surface area contributed by atoms with Crippen molar-refractivity contribution < 1.29 is 19.3 Å². The van der Waals surface area contributed by atoms with Gasteiger partial charge in [0.2, 0.25) is 5.95 Å². The van der Waals surface area contributed by atoms with E-state index >= 15 is 0 Å². The Bertz CT molecular complexity index is 714. The molecule has 9 heteroatoms. The number of nitrogens with one attached hydrogen (secondary N) is 1. The molecule has 4 N–H and O–H groups in total. The van der Waals surface area contributed by atoms with E-state index in [4.69, 9.17) is 19.9 Å². The largest absolute Gasteiger partial charge is 0.493 e. The highest BCUT2D eigenvalue weighted by Gasteiger charge is 2.16. The fraction of sp³-hybridized carbons (Fsp3) is 0.471. The summed E-state index contributed by atoms with van der Waals surface area (Å²) < 4.78 is 16.4. The van der Waals surface area contributed by atoms with E-state index in [1.807, 2.05) is 6.92 Å². The molecule has 2 rings (SSSR count). The van der Waals surface area contributed by atoms with Crippen LogP contribution in [0.5, 0.6) is 17.2 Å². The fourth-order valence-electron chi connectivity index (χ4n) is 2.44. The number of methoxy groups -OCH3 is 2. The lowest BCUT2D eigenvalue weighted by atomic mass is 10.2. The highest BCUT2D eigenvalue weighted by Crippen LogP contribution is 2.31. The van der Waals surface area contributed by atoms with Gasteiger partial charge in [-0.25, -0.2) is 4.98 Å². The minimum atomic E-state index is -0.152. The van der Waals surface area contributed by atoms with Crippen LogP contribution in [0.2, 0.25) is 0 Å². The Morgan fingerprint density at radius 3 is 2.69 bits per heavy atom. The van der Waals surface area contributed by atoms with Crippen LogP contribution in [0.1, 0.15) is 25.5 Å². The molecule has 0 saturated heterocycles. The van der Waals surface area contributed by atoms with Gasteiger partial charge in [0.15, 0.2) is 23.1 Å². The quantitative estimate of drug-likeness (QED) is 0.577. The molecule has 0 radical (unpaired) electrons. The molecule has 0 saturated carbocycles. The lowest BCUT2D eigenvalue weighted by Gasteiger charge is -2.19. The predicted octanol–water partition coefficient (Wildman–Crippen LogP) is 1.62. The van der Waals surface area contributed by atoms with Gasteiger partial charge in [0.05, 0.1) is 33.1 Å². The standard InChI is InChI=1S/C17H25N5O4/c1-4-5-11(9-23)21-16-14(8-20-17(18)22-16)26-10-12-15(25-3)13(24-2)6-7-19-12/h6-8,11,23H,4-5,9-10H2,1-3H3,(H3,18,20,21,22)/t11-/m0/s1. The Balaban J connectivity index is 2.20. The molecule has 9 nitrogen and oxygen atoms in total. The van der Waals surface area contributed by atoms with E-state index in [1.54, 1.807) is 26.5 Å². The van der Waals surface area contributed by atoms with Crippen molar-refractivity contribution in [1.82, 2.24) is 15.0 Å². The second-order valence-electron chi connectivity index (χ2n) is 5.54. The minimum absolute atomic E-state index is 0.0253. The predicted molar refractivity (Wildman–Crippen MR) is 97.5 cm³/mol. The second-order valence-corrected chi connectivity index (χ2v) is 5.54. The van der Waals surface area contributed by atoms with Crippen molar-refractivity contribution >= 4 is 11.8 Å². The molecule has 26 heavy (non-hydrogen) atoms. The fourth-order valence-corrected chi connectivity index (χ4v) is 2.44. The second kappa shape index (κ2) is 9.62. The molecule has 2 aromatic rings. The summed E-state index contributed by atoms with van der Waals surface area (Å²) in [6.07, 6.45) is 4.80. The van der Waals surface area contributed by atoms with Gasteiger partial charge in [-0.15, -0.1) is 0 Å². The number of nitrogens with zero attached hydrogens (tertiary/aromatic N) is 3. The normalized spacial score (nSPS) is 11.7. The van der Waals surface area contributed by atoms with Crippen LogP contribution in [0.15, 0.2) is 18.5 Å². The number of aliphatic hydroxyl groups is 1. The van der Waals surface area contributed by atoms with Crippen molar-refractivity contribution in [2.75, 3.05) is 31.9 Å². The molecular weight excluding hydrogens is 338 g/mol. The molecule has 0 aliphatic heterocycles. The number of hydrogen-bond donors (Lipinski definition) is 3. The van der Waals surface area contributed by atoms with Gasteiger partial charge < -0.3 is 30.4 Å². The molecule has 0 spiro atoms. The highest BCUT2D eigenvalue weighted by atomic mass is 16.5. The molecule has 0 aliphatic rings. The van der Waals surface area contributed by atoms with E-state index in [1.165, 1.54) is 6.20 Å². The van der Waals surface area contributed by atoms with Gasteiger partial charge in [-0.1, -0.05) is 13.3 Å². The van der Waals surface area contributed by atoms with Crippen LogP contribution in [-0.2, 0) is 6.61 Å². The zero-order valence-corrected chi connectivity index (χ0v) is 15.2. The third-order valence-electron chi connectivity index (χ3n) is 3.70. The van der Waals surface area contributed by atoms with Crippen molar-refractivity contribution in [2.45, 2.75) is 32.4 Å². The first-order valence-electron chi connectivity index (χ1n) is 8.31. The molecule has 0 amide bonds. The molecular formula is C17H25N5O4. The van der Waals surface area contributed by atoms with Gasteiger partial charge in [0.1, 0.15) is 12.3 Å². The van der Waals surface area contributed by atoms with Crippen molar-refractivity contribution in [3.05, 3.63) is 24.2 Å². The highest BCUT2D eigenvalue weighted by molar-refractivity contribution is 5.52. The van der Waals surface area contributed by atoms with Gasteiger partial charge in [-0.2, -0.15) is 4.98 Å². The van der Waals surface area contributed by atoms with Crippen molar-refractivity contribution in [3.8, 4) is 17.2 Å². The van der Waals surface area contributed by atoms with Crippen LogP contribution in [0.4, 0.5) is 11.8 Å². The summed E-state index contributed by atoms with van der Waals surface area (Å²) in [7, 11) is 3.10. The van der Waals surface area contributed by atoms with Gasteiger partial charge >= 0.3 is 0 Å². The first-order chi connectivity index (χ1) is 12.6. The maximum Gasteiger partial charge on any atom is 0.222 e. The molecule has 0 aliphatic carbocycles. The molecule has 0 aromatic carbocycles. The summed E-state index contributed by atoms with van der Waals surface area (Å²) in [6, 6.07) is 1.55. The summed E-state index contributed by atoms with van der Waals surface area (Å²) in [5.74, 6) is 2.01. The molecule has 0 unspecified atom stereocenters. The number of hydrogen-bond acceptors (Lipinski definition) is 9. The van der Waals surface area contributed by atoms with Crippen LogP contribution in [-0.4, -0.2) is 46.9 Å². The van der Waals surface area contributed by atoms with E-state index in [9.17, 15) is 5.11 Å². The summed E-state index contributed by atoms with van der Waals surface area (Å²) in [6.45, 7) is 2.14. The summed E-state index contributed by atoms with van der Waals surface area (Å²) in [5.41, 5.74) is 6.25. The summed E-state index contributed by atoms with van der Waals surface area (Å²) in [4.78, 5) is 12.4. The zero-order chi connectivity index (χ0) is 18.9. The van der Waals surface area contributed by atoms with Crippen LogP contribution >= 0.6 is 0 Å². The number of aliphatic hydroxyl groups excluding tert-OH is 1. The lowest BCUT2D eigenvalue weighted by molar-refractivity contribution is 0.265. The van der Waals surface area contributed by atoms with E-state index in [0.29, 0.717) is 28.8 Å². The van der Waals surface area contributed by atoms with Crippen LogP contribution in [0, 0.1) is 0 Å². The maximum atomic E-state index is 9.49. The van der Waals surface area contributed by atoms with Crippen LogP contribution in [0.25, 0.3) is 0 Å². The monoisotopic (exact) mass is 363 g/mol. The van der Waals surface area contributed by atoms with Crippen molar-refractivity contribution in [2.24, 2.45) is 0 Å². The van der Waals surface area contributed by atoms with Crippen LogP contribution < -0.4 is 25.3 Å². The zero-order valence-electron chi connectivity index (χ0n) is 15.2. The van der Waals surface area contributed by atoms with Crippen LogP contribution in [0.3, 0.4) is 0 Å². The van der Waals surface area contributed by atoms with Crippen molar-refractivity contribution in [3.63, 3.8) is 0 Å². The number of nitrogen functional groups attached to an aromatic ring is 1. The van der Waals surface area contributed by atoms with E-state index in [-0.39, 0.29) is 25.2 Å². The Morgan fingerprint density at radius 1 is 1.23 bits per heavy atom. The SMILES string of the molecule is CCC[C@@H](CO)Nc1nc(N)ncc1OCc1nccc(OC)c1OC. The molecule has 0 fully saturated rings. The maximum absolute atomic E-state index is 9.49. The number of pyridine rings is 1. The van der Waals surface area contributed by atoms with E-state index in [2.05, 4.69) is 20.3 Å². The van der Waals surface area contributed by atoms with Gasteiger partial charge in [-0.3, -0.25) is 4.98 Å². The number of rotatable bonds is 10. The third kappa shape index (κ3) is 4.85. The average Bonchev–Trinajstić information content (AvgIpc) is 2.66. The lowest BCUT2D eigenvalue weighted by Crippen LogP contribution is -2.24. The first-order valence-corrected chi connectivity index (χ1v) is 8.31. The Kier molecular flexibility index (Phi) is 7.22. The Morgan fingerprint density at radius 2 is 2.04 bits per heavy atom. The third-order valence-corrected chi connectivity index (χ3v) is 3.70. The average molecular weight is 363 g/mol. The molecule has 0 bridgehead atoms. The van der Waals surface area contributed by atoms with Gasteiger partial charge in [0.25, 0.3) is 0 Å². The Labute approximate surface area is 152 Å². The minimum Gasteiger partial charge on any atom is -0.493 e. The molecule has 1 atom stereocenters. The molecule has 2 heterocycles. The van der Waals surface area contributed by atoms with Gasteiger partial charge in [-0.05, 0) is 6.42 Å². The summed E-state index contributed by atoms with van der Waals surface area (Å²) in [5, 5.41) is 12.6. The topological polar surface area (TPSA) is 125 Å². The number of nitrogens with two attached hydrogens (primary N) is 1. The van der Waals surface area contributed by atoms with Crippen molar-refractivity contribution in [1.29, 1.82) is 0 Å². The van der Waals surface area contributed by atoms with E-state index < -0.39 is 0 Å². The summed E-state index contributed by atoms with van der Waals surface area (Å²) >= 11 is 0. The number of aromatic nitrogens is 3. The molecule has 2 aromatic heterocycles.